The molecule has 0 aliphatic carbocycles. The van der Waals surface area contributed by atoms with Crippen LogP contribution in [0.2, 0.25) is 0 Å². The Hall–Kier alpha value is -2.02. The molecule has 0 amide bonds. The average molecular weight is 241 g/mol. The maximum absolute atomic E-state index is 11.7. The van der Waals surface area contributed by atoms with E-state index in [0.29, 0.717) is 0 Å². The molecule has 0 atom stereocenters. The third kappa shape index (κ3) is 2.76. The fourth-order valence-corrected chi connectivity index (χ4v) is 1.32. The van der Waals surface area contributed by atoms with Crippen LogP contribution >= 0.6 is 0 Å². The van der Waals surface area contributed by atoms with Gasteiger partial charge in [0.2, 0.25) is 0 Å². The third-order valence-corrected chi connectivity index (χ3v) is 2.00. The number of anilines is 1. The van der Waals surface area contributed by atoms with E-state index in [2.05, 4.69) is 10.4 Å². The highest BCUT2D eigenvalue weighted by Gasteiger charge is 2.24. The lowest BCUT2D eigenvalue weighted by Gasteiger charge is -2.05. The standard InChI is InChI=1S/C10H15N3O4/c1-3-16-9(14)6-5-12-8(13-11)7(6)10(15)17-4-2/h5,12-13H,3-4,11H2,1-2H3. The number of nitrogens with one attached hydrogen (secondary N) is 2. The zero-order valence-corrected chi connectivity index (χ0v) is 9.70. The molecule has 0 fully saturated rings. The van der Waals surface area contributed by atoms with E-state index in [0.717, 1.165) is 0 Å². The second kappa shape index (κ2) is 5.90. The molecule has 1 aromatic heterocycles. The summed E-state index contributed by atoms with van der Waals surface area (Å²) in [5.74, 6) is 4.21. The highest BCUT2D eigenvalue weighted by molar-refractivity contribution is 6.06. The Balaban J connectivity index is 3.09. The SMILES string of the molecule is CCOC(=O)c1c[nH]c(NN)c1C(=O)OCC. The second-order valence-electron chi connectivity index (χ2n) is 3.04. The van der Waals surface area contributed by atoms with Crippen LogP contribution < -0.4 is 11.3 Å². The van der Waals surface area contributed by atoms with Crippen LogP contribution in [0.25, 0.3) is 0 Å². The van der Waals surface area contributed by atoms with Crippen molar-refractivity contribution in [2.45, 2.75) is 13.8 Å². The summed E-state index contributed by atoms with van der Waals surface area (Å²) in [7, 11) is 0. The van der Waals surface area contributed by atoms with E-state index in [4.69, 9.17) is 15.3 Å². The number of carbonyl (C=O) groups excluding carboxylic acids is 2. The molecule has 0 saturated heterocycles. The molecule has 0 bridgehead atoms. The number of aromatic amines is 1. The van der Waals surface area contributed by atoms with Crippen LogP contribution in [-0.2, 0) is 9.47 Å². The highest BCUT2D eigenvalue weighted by Crippen LogP contribution is 2.20. The monoisotopic (exact) mass is 241 g/mol. The van der Waals surface area contributed by atoms with E-state index >= 15 is 0 Å². The van der Waals surface area contributed by atoms with E-state index in [9.17, 15) is 9.59 Å². The van der Waals surface area contributed by atoms with Gasteiger partial charge in [0.1, 0.15) is 11.4 Å². The van der Waals surface area contributed by atoms with Crippen LogP contribution in [0.15, 0.2) is 6.20 Å². The summed E-state index contributed by atoms with van der Waals surface area (Å²) in [6, 6.07) is 0. The fourth-order valence-electron chi connectivity index (χ4n) is 1.32. The fraction of sp³-hybridized carbons (Fsp3) is 0.400. The summed E-state index contributed by atoms with van der Waals surface area (Å²) in [5, 5.41) is 0. The molecule has 0 aliphatic heterocycles. The van der Waals surface area contributed by atoms with Crippen molar-refractivity contribution in [3.05, 3.63) is 17.3 Å². The van der Waals surface area contributed by atoms with Crippen molar-refractivity contribution in [1.82, 2.24) is 4.98 Å². The number of esters is 2. The van der Waals surface area contributed by atoms with Gasteiger partial charge in [0.25, 0.3) is 0 Å². The molecule has 17 heavy (non-hydrogen) atoms. The molecule has 0 spiro atoms. The van der Waals surface area contributed by atoms with Gasteiger partial charge in [-0.15, -0.1) is 0 Å². The second-order valence-corrected chi connectivity index (χ2v) is 3.04. The smallest absolute Gasteiger partial charge is 0.342 e. The van der Waals surface area contributed by atoms with Gasteiger partial charge in [-0.1, -0.05) is 0 Å². The zero-order valence-electron chi connectivity index (χ0n) is 9.70. The number of nitrogen functional groups attached to an aromatic ring is 1. The number of aromatic nitrogens is 1. The number of carbonyl (C=O) groups is 2. The van der Waals surface area contributed by atoms with E-state index in [1.807, 2.05) is 0 Å². The molecule has 4 N–H and O–H groups in total. The van der Waals surface area contributed by atoms with Crippen molar-refractivity contribution in [2.75, 3.05) is 18.6 Å². The van der Waals surface area contributed by atoms with Gasteiger partial charge in [-0.3, -0.25) is 0 Å². The van der Waals surface area contributed by atoms with Crippen LogP contribution in [0.4, 0.5) is 5.82 Å². The van der Waals surface area contributed by atoms with E-state index in [-0.39, 0.29) is 30.2 Å². The summed E-state index contributed by atoms with van der Waals surface area (Å²) < 4.78 is 9.65. The minimum Gasteiger partial charge on any atom is -0.462 e. The van der Waals surface area contributed by atoms with E-state index in [1.165, 1.54) is 6.20 Å². The molecule has 7 heteroatoms. The van der Waals surface area contributed by atoms with Crippen LogP contribution in [0.1, 0.15) is 34.6 Å². The highest BCUT2D eigenvalue weighted by atomic mass is 16.5. The first kappa shape index (κ1) is 13.0. The number of hydrazine groups is 1. The molecule has 0 aliphatic rings. The van der Waals surface area contributed by atoms with Crippen molar-refractivity contribution in [3.63, 3.8) is 0 Å². The number of ether oxygens (including phenoxy) is 2. The predicted molar refractivity (Wildman–Crippen MR) is 60.5 cm³/mol. The Labute approximate surface area is 98.2 Å². The van der Waals surface area contributed by atoms with Gasteiger partial charge in [0, 0.05) is 6.20 Å². The summed E-state index contributed by atoms with van der Waals surface area (Å²) in [5.41, 5.74) is 2.43. The Morgan fingerprint density at radius 3 is 2.41 bits per heavy atom. The number of H-pyrrole nitrogens is 1. The largest absolute Gasteiger partial charge is 0.462 e. The van der Waals surface area contributed by atoms with Crippen molar-refractivity contribution < 1.29 is 19.1 Å². The first-order valence-corrected chi connectivity index (χ1v) is 5.17. The van der Waals surface area contributed by atoms with Crippen molar-refractivity contribution >= 4 is 17.8 Å². The summed E-state index contributed by atoms with van der Waals surface area (Å²) in [4.78, 5) is 25.9. The van der Waals surface area contributed by atoms with Gasteiger partial charge in [0.05, 0.1) is 18.8 Å². The first-order chi connectivity index (χ1) is 8.15. The van der Waals surface area contributed by atoms with Crippen LogP contribution in [-0.4, -0.2) is 30.1 Å². The maximum atomic E-state index is 11.7. The van der Waals surface area contributed by atoms with Crippen LogP contribution in [0, 0.1) is 0 Å². The predicted octanol–water partition coefficient (Wildman–Crippen LogP) is 0.654. The lowest BCUT2D eigenvalue weighted by molar-refractivity contribution is 0.0481. The van der Waals surface area contributed by atoms with Crippen molar-refractivity contribution in [2.24, 2.45) is 5.84 Å². The maximum Gasteiger partial charge on any atom is 0.342 e. The van der Waals surface area contributed by atoms with E-state index < -0.39 is 11.9 Å². The number of hydrogen-bond acceptors (Lipinski definition) is 6. The topological polar surface area (TPSA) is 106 Å². The third-order valence-electron chi connectivity index (χ3n) is 2.00. The molecular weight excluding hydrogens is 226 g/mol. The molecule has 0 radical (unpaired) electrons. The lowest BCUT2D eigenvalue weighted by atomic mass is 10.2. The van der Waals surface area contributed by atoms with Gasteiger partial charge in [0.15, 0.2) is 0 Å². The van der Waals surface area contributed by atoms with Gasteiger partial charge in [-0.05, 0) is 13.8 Å². The molecule has 0 aromatic carbocycles. The van der Waals surface area contributed by atoms with Gasteiger partial charge >= 0.3 is 11.9 Å². The lowest BCUT2D eigenvalue weighted by Crippen LogP contribution is -2.16. The Bertz CT molecular complexity index is 414. The quantitative estimate of drug-likeness (QED) is 0.397. The number of rotatable bonds is 5. The van der Waals surface area contributed by atoms with E-state index in [1.54, 1.807) is 13.8 Å². The number of nitrogens with two attached hydrogens (primary N) is 1. The normalized spacial score (nSPS) is 9.82. The molecule has 94 valence electrons. The Morgan fingerprint density at radius 1 is 1.29 bits per heavy atom. The summed E-state index contributed by atoms with van der Waals surface area (Å²) in [6.07, 6.45) is 1.35. The number of hydrogen-bond donors (Lipinski definition) is 3. The molecule has 1 heterocycles. The van der Waals surface area contributed by atoms with Gasteiger partial charge < -0.3 is 19.9 Å². The molecule has 0 unspecified atom stereocenters. The average Bonchev–Trinajstić information content (AvgIpc) is 2.73. The molecule has 1 rings (SSSR count). The molecule has 1 aromatic rings. The molecular formula is C10H15N3O4. The van der Waals surface area contributed by atoms with Gasteiger partial charge in [-0.25, -0.2) is 15.4 Å². The molecule has 7 nitrogen and oxygen atoms in total. The minimum atomic E-state index is -0.634. The minimum absolute atomic E-state index is 0.0489. The first-order valence-electron chi connectivity index (χ1n) is 5.17. The summed E-state index contributed by atoms with van der Waals surface area (Å²) >= 11 is 0. The van der Waals surface area contributed by atoms with Crippen molar-refractivity contribution in [1.29, 1.82) is 0 Å². The Kier molecular flexibility index (Phi) is 4.53. The van der Waals surface area contributed by atoms with Gasteiger partial charge in [-0.2, -0.15) is 0 Å². The zero-order chi connectivity index (χ0) is 12.8. The van der Waals surface area contributed by atoms with Crippen molar-refractivity contribution in [3.8, 4) is 0 Å². The van der Waals surface area contributed by atoms with Crippen LogP contribution in [0.5, 0.6) is 0 Å². The Morgan fingerprint density at radius 2 is 1.88 bits per heavy atom. The summed E-state index contributed by atoms with van der Waals surface area (Å²) in [6.45, 7) is 3.77. The van der Waals surface area contributed by atoms with Crippen LogP contribution in [0.3, 0.4) is 0 Å². The molecule has 0 saturated carbocycles.